The highest BCUT2D eigenvalue weighted by atomic mass is 16.3. The minimum Gasteiger partial charge on any atom is -0.396 e. The summed E-state index contributed by atoms with van der Waals surface area (Å²) in [7, 11) is 0. The maximum Gasteiger partial charge on any atom is 0.0496 e. The lowest BCUT2D eigenvalue weighted by Gasteiger charge is -2.01. The molecule has 0 saturated carbocycles. The first-order valence-corrected chi connectivity index (χ1v) is 2.69. The Morgan fingerprint density at radius 3 is 2.25 bits per heavy atom. The predicted octanol–water partition coefficient (Wildman–Crippen LogP) is 1.36. The molecule has 0 aromatic heterocycles. The summed E-state index contributed by atoms with van der Waals surface area (Å²) in [6.07, 6.45) is 4.34. The van der Waals surface area contributed by atoms with Crippen molar-refractivity contribution in [1.82, 2.24) is 0 Å². The molecule has 0 aromatic carbocycles. The van der Waals surface area contributed by atoms with Gasteiger partial charge in [0.15, 0.2) is 0 Å². The summed E-state index contributed by atoms with van der Waals surface area (Å²) in [6, 6.07) is 0. The van der Waals surface area contributed by atoms with Gasteiger partial charge in [0, 0.05) is 12.5 Å². The molecule has 0 spiro atoms. The van der Waals surface area contributed by atoms with E-state index in [0.29, 0.717) is 0 Å². The molecule has 0 saturated heterocycles. The minimum absolute atomic E-state index is 0.176. The molecule has 0 aromatic rings. The first-order valence-electron chi connectivity index (χ1n) is 2.69. The molecule has 1 unspecified atom stereocenters. The molecule has 1 heteroatoms. The molecule has 0 aliphatic rings. The van der Waals surface area contributed by atoms with E-state index in [2.05, 4.69) is 13.2 Å². The van der Waals surface area contributed by atoms with E-state index in [1.54, 1.807) is 12.2 Å². The highest BCUT2D eigenvalue weighted by Crippen LogP contribution is 2.01. The van der Waals surface area contributed by atoms with Crippen LogP contribution in [-0.4, -0.2) is 11.7 Å². The number of rotatable bonds is 4. The van der Waals surface area contributed by atoms with Gasteiger partial charge in [-0.05, 0) is 6.42 Å². The van der Waals surface area contributed by atoms with Crippen molar-refractivity contribution >= 4 is 0 Å². The van der Waals surface area contributed by atoms with Gasteiger partial charge >= 0.3 is 0 Å². The number of hydrogen-bond acceptors (Lipinski definition) is 1. The number of aliphatic hydroxyl groups excluding tert-OH is 1. The molecule has 0 radical (unpaired) electrons. The second kappa shape index (κ2) is 4.60. The van der Waals surface area contributed by atoms with Gasteiger partial charge in [-0.3, -0.25) is 0 Å². The molecule has 0 fully saturated rings. The second-order valence-electron chi connectivity index (χ2n) is 1.70. The molecular weight excluding hydrogens is 100 g/mol. The topological polar surface area (TPSA) is 20.2 Å². The van der Waals surface area contributed by atoms with E-state index in [9.17, 15) is 0 Å². The molecule has 0 aliphatic carbocycles. The molecular formula is C7H12O. The number of hydrogen-bond donors (Lipinski definition) is 1. The van der Waals surface area contributed by atoms with E-state index < -0.39 is 0 Å². The summed E-state index contributed by atoms with van der Waals surface area (Å²) in [5, 5.41) is 8.54. The van der Waals surface area contributed by atoms with Crippen LogP contribution in [0.2, 0.25) is 0 Å². The van der Waals surface area contributed by atoms with Crippen molar-refractivity contribution in [1.29, 1.82) is 0 Å². The average molecular weight is 112 g/mol. The third-order valence-corrected chi connectivity index (χ3v) is 1.04. The van der Waals surface area contributed by atoms with E-state index in [1.165, 1.54) is 0 Å². The Morgan fingerprint density at radius 2 is 2.12 bits per heavy atom. The van der Waals surface area contributed by atoms with Crippen LogP contribution in [0.25, 0.3) is 0 Å². The molecule has 0 aliphatic heterocycles. The SMILES string of the molecule is C=CCC(C=C)CO. The molecule has 46 valence electrons. The van der Waals surface area contributed by atoms with Gasteiger partial charge in [-0.15, -0.1) is 13.2 Å². The Hall–Kier alpha value is -0.560. The van der Waals surface area contributed by atoms with E-state index in [4.69, 9.17) is 5.11 Å². The molecule has 0 amide bonds. The fraction of sp³-hybridized carbons (Fsp3) is 0.429. The summed E-state index contributed by atoms with van der Waals surface area (Å²) in [5.41, 5.74) is 0. The monoisotopic (exact) mass is 112 g/mol. The number of allylic oxidation sites excluding steroid dienone is 1. The molecule has 1 nitrogen and oxygen atoms in total. The van der Waals surface area contributed by atoms with E-state index >= 15 is 0 Å². The van der Waals surface area contributed by atoms with Crippen molar-refractivity contribution < 1.29 is 5.11 Å². The Labute approximate surface area is 50.3 Å². The van der Waals surface area contributed by atoms with Gasteiger partial charge in [-0.25, -0.2) is 0 Å². The van der Waals surface area contributed by atoms with Crippen LogP contribution in [0.1, 0.15) is 6.42 Å². The zero-order valence-corrected chi connectivity index (χ0v) is 5.01. The minimum atomic E-state index is 0.176. The lowest BCUT2D eigenvalue weighted by Crippen LogP contribution is -1.98. The summed E-state index contributed by atoms with van der Waals surface area (Å²) in [6.45, 7) is 7.26. The number of aliphatic hydroxyl groups is 1. The zero-order chi connectivity index (χ0) is 6.41. The molecule has 0 rings (SSSR count). The normalized spacial score (nSPS) is 12.6. The van der Waals surface area contributed by atoms with Gasteiger partial charge in [0.25, 0.3) is 0 Å². The van der Waals surface area contributed by atoms with E-state index in [-0.39, 0.29) is 12.5 Å². The lowest BCUT2D eigenvalue weighted by atomic mass is 10.1. The fourth-order valence-corrected chi connectivity index (χ4v) is 0.459. The predicted molar refractivity (Wildman–Crippen MR) is 35.6 cm³/mol. The first kappa shape index (κ1) is 7.44. The summed E-state index contributed by atoms with van der Waals surface area (Å²) in [4.78, 5) is 0. The molecule has 0 bridgehead atoms. The van der Waals surface area contributed by atoms with Gasteiger partial charge in [0.2, 0.25) is 0 Å². The Morgan fingerprint density at radius 1 is 1.50 bits per heavy atom. The van der Waals surface area contributed by atoms with Crippen LogP contribution in [0.15, 0.2) is 25.3 Å². The van der Waals surface area contributed by atoms with Crippen molar-refractivity contribution in [2.24, 2.45) is 5.92 Å². The van der Waals surface area contributed by atoms with Crippen LogP contribution in [-0.2, 0) is 0 Å². The van der Waals surface area contributed by atoms with Crippen LogP contribution in [0.5, 0.6) is 0 Å². The second-order valence-corrected chi connectivity index (χ2v) is 1.70. The largest absolute Gasteiger partial charge is 0.396 e. The summed E-state index contributed by atoms with van der Waals surface area (Å²) < 4.78 is 0. The van der Waals surface area contributed by atoms with Gasteiger partial charge in [0.05, 0.1) is 0 Å². The van der Waals surface area contributed by atoms with Crippen molar-refractivity contribution in [3.63, 3.8) is 0 Å². The quantitative estimate of drug-likeness (QED) is 0.544. The van der Waals surface area contributed by atoms with Crippen molar-refractivity contribution in [2.45, 2.75) is 6.42 Å². The molecule has 0 heterocycles. The van der Waals surface area contributed by atoms with E-state index in [0.717, 1.165) is 6.42 Å². The van der Waals surface area contributed by atoms with Crippen molar-refractivity contribution in [2.75, 3.05) is 6.61 Å². The van der Waals surface area contributed by atoms with Crippen molar-refractivity contribution in [3.05, 3.63) is 25.3 Å². The van der Waals surface area contributed by atoms with Gasteiger partial charge in [-0.1, -0.05) is 12.2 Å². The van der Waals surface area contributed by atoms with Crippen LogP contribution in [0.3, 0.4) is 0 Å². The maximum atomic E-state index is 8.54. The van der Waals surface area contributed by atoms with Crippen LogP contribution < -0.4 is 0 Å². The highest BCUT2D eigenvalue weighted by molar-refractivity contribution is 4.84. The standard InChI is InChI=1S/C7H12O/c1-3-5-7(4-2)6-8/h3-4,7-8H,1-2,5-6H2. The smallest absolute Gasteiger partial charge is 0.0496 e. The highest BCUT2D eigenvalue weighted by Gasteiger charge is 1.95. The zero-order valence-electron chi connectivity index (χ0n) is 5.01. The van der Waals surface area contributed by atoms with Gasteiger partial charge < -0.3 is 5.11 Å². The Kier molecular flexibility index (Phi) is 4.27. The molecule has 8 heavy (non-hydrogen) atoms. The summed E-state index contributed by atoms with van der Waals surface area (Å²) in [5.74, 6) is 0.201. The van der Waals surface area contributed by atoms with Crippen LogP contribution in [0, 0.1) is 5.92 Å². The Bertz CT molecular complexity index is 76.5. The summed E-state index contributed by atoms with van der Waals surface area (Å²) >= 11 is 0. The Balaban J connectivity index is 3.35. The van der Waals surface area contributed by atoms with Gasteiger partial charge in [0.1, 0.15) is 0 Å². The third kappa shape index (κ3) is 2.59. The van der Waals surface area contributed by atoms with Gasteiger partial charge in [-0.2, -0.15) is 0 Å². The van der Waals surface area contributed by atoms with Crippen LogP contribution in [0.4, 0.5) is 0 Å². The fourth-order valence-electron chi connectivity index (χ4n) is 0.459. The van der Waals surface area contributed by atoms with Crippen LogP contribution >= 0.6 is 0 Å². The molecule has 1 N–H and O–H groups in total. The third-order valence-electron chi connectivity index (χ3n) is 1.04. The molecule has 1 atom stereocenters. The van der Waals surface area contributed by atoms with E-state index in [1.807, 2.05) is 0 Å². The maximum absolute atomic E-state index is 8.54. The lowest BCUT2D eigenvalue weighted by molar-refractivity contribution is 0.254. The first-order chi connectivity index (χ1) is 3.85. The van der Waals surface area contributed by atoms with Crippen molar-refractivity contribution in [3.8, 4) is 0 Å². The average Bonchev–Trinajstić information content (AvgIpc) is 1.83.